The predicted octanol–water partition coefficient (Wildman–Crippen LogP) is 1.96. The summed E-state index contributed by atoms with van der Waals surface area (Å²) in [6.07, 6.45) is 5.06. The Morgan fingerprint density at radius 1 is 1.29 bits per heavy atom. The molecule has 0 amide bonds. The highest BCUT2D eigenvalue weighted by atomic mass is 16.1. The lowest BCUT2D eigenvalue weighted by atomic mass is 10.2. The normalized spacial score (nSPS) is 9.36. The molecule has 0 spiro atoms. The molecule has 0 aliphatic heterocycles. The molecular formula is C11H14N2O. The second kappa shape index (κ2) is 4.56. The number of nitrogens with zero attached hydrogens (tertiary/aromatic N) is 2. The van der Waals surface area contributed by atoms with Crippen LogP contribution in [-0.4, -0.2) is 9.55 Å². The molecule has 74 valence electrons. The van der Waals surface area contributed by atoms with E-state index in [2.05, 4.69) is 4.98 Å². The minimum absolute atomic E-state index is 0.0231. The van der Waals surface area contributed by atoms with Gasteiger partial charge in [0.25, 0.3) is 5.56 Å². The van der Waals surface area contributed by atoms with Gasteiger partial charge in [-0.3, -0.25) is 9.78 Å². The van der Waals surface area contributed by atoms with Crippen LogP contribution in [0.4, 0.5) is 0 Å². The first-order valence-corrected chi connectivity index (χ1v) is 4.68. The quantitative estimate of drug-likeness (QED) is 0.636. The van der Waals surface area contributed by atoms with E-state index in [1.165, 1.54) is 0 Å². The maximum absolute atomic E-state index is 11.5. The first-order chi connectivity index (χ1) is 6.79. The molecule has 0 bridgehead atoms. The fraction of sp³-hybridized carbons (Fsp3) is 0.273. The summed E-state index contributed by atoms with van der Waals surface area (Å²) in [4.78, 5) is 15.4. The van der Waals surface area contributed by atoms with Gasteiger partial charge in [0.1, 0.15) is 0 Å². The topological polar surface area (TPSA) is 34.9 Å². The molecule has 0 aliphatic rings. The van der Waals surface area contributed by atoms with E-state index in [4.69, 9.17) is 0 Å². The summed E-state index contributed by atoms with van der Waals surface area (Å²) in [5.74, 6) is 0. The maximum atomic E-state index is 11.5. The zero-order valence-corrected chi connectivity index (χ0v) is 8.69. The monoisotopic (exact) mass is 190 g/mol. The van der Waals surface area contributed by atoms with Gasteiger partial charge in [-0.05, 0) is 12.1 Å². The number of rotatable bonds is 0. The summed E-state index contributed by atoms with van der Waals surface area (Å²) >= 11 is 0. The van der Waals surface area contributed by atoms with Crippen molar-refractivity contribution in [1.82, 2.24) is 9.55 Å². The number of aromatic nitrogens is 2. The second-order valence-corrected chi connectivity index (χ2v) is 2.69. The third kappa shape index (κ3) is 1.82. The molecule has 0 radical (unpaired) electrons. The van der Waals surface area contributed by atoms with E-state index >= 15 is 0 Å². The summed E-state index contributed by atoms with van der Waals surface area (Å²) in [5.41, 5.74) is 0.0231. The fourth-order valence-corrected chi connectivity index (χ4v) is 1.18. The summed E-state index contributed by atoms with van der Waals surface area (Å²) in [6, 6.07) is 3.61. The maximum Gasteiger partial charge on any atom is 0.258 e. The van der Waals surface area contributed by atoms with Gasteiger partial charge in [-0.1, -0.05) is 13.8 Å². The van der Waals surface area contributed by atoms with Gasteiger partial charge in [0, 0.05) is 31.0 Å². The Kier molecular flexibility index (Phi) is 3.40. The Labute approximate surface area is 83.0 Å². The van der Waals surface area contributed by atoms with E-state index in [0.29, 0.717) is 0 Å². The smallest absolute Gasteiger partial charge is 0.258 e. The van der Waals surface area contributed by atoms with Crippen LogP contribution in [0.3, 0.4) is 0 Å². The molecule has 0 unspecified atom stereocenters. The van der Waals surface area contributed by atoms with Crippen LogP contribution in [0, 0.1) is 0 Å². The Morgan fingerprint density at radius 3 is 2.71 bits per heavy atom. The van der Waals surface area contributed by atoms with E-state index in [-0.39, 0.29) is 5.56 Å². The molecule has 2 aromatic heterocycles. The molecule has 0 saturated carbocycles. The van der Waals surface area contributed by atoms with Crippen molar-refractivity contribution in [3.05, 3.63) is 41.1 Å². The minimum atomic E-state index is 0.0231. The van der Waals surface area contributed by atoms with Crippen molar-refractivity contribution in [2.45, 2.75) is 13.8 Å². The van der Waals surface area contributed by atoms with Gasteiger partial charge in [-0.15, -0.1) is 0 Å². The SMILES string of the molecule is CC.Cn1ccc2cnccc2c1=O. The van der Waals surface area contributed by atoms with Crippen LogP contribution < -0.4 is 5.56 Å². The molecule has 3 nitrogen and oxygen atoms in total. The van der Waals surface area contributed by atoms with E-state index in [1.807, 2.05) is 19.9 Å². The van der Waals surface area contributed by atoms with Crippen molar-refractivity contribution < 1.29 is 0 Å². The first kappa shape index (κ1) is 10.4. The van der Waals surface area contributed by atoms with Gasteiger partial charge in [0.15, 0.2) is 0 Å². The molecule has 2 aromatic rings. The summed E-state index contributed by atoms with van der Waals surface area (Å²) in [5, 5.41) is 1.61. The Morgan fingerprint density at radius 2 is 2.00 bits per heavy atom. The first-order valence-electron chi connectivity index (χ1n) is 4.68. The number of fused-ring (bicyclic) bond motifs is 1. The van der Waals surface area contributed by atoms with Gasteiger partial charge in [-0.25, -0.2) is 0 Å². The van der Waals surface area contributed by atoms with Crippen LogP contribution in [0.1, 0.15) is 13.8 Å². The Bertz CT molecular complexity index is 474. The molecular weight excluding hydrogens is 176 g/mol. The van der Waals surface area contributed by atoms with Crippen LogP contribution in [-0.2, 0) is 7.05 Å². The van der Waals surface area contributed by atoms with Gasteiger partial charge >= 0.3 is 0 Å². The lowest BCUT2D eigenvalue weighted by molar-refractivity contribution is 0.873. The van der Waals surface area contributed by atoms with E-state index in [9.17, 15) is 4.79 Å². The highest BCUT2D eigenvalue weighted by Gasteiger charge is 1.97. The van der Waals surface area contributed by atoms with Crippen molar-refractivity contribution >= 4 is 10.8 Å². The van der Waals surface area contributed by atoms with Crippen molar-refractivity contribution in [2.24, 2.45) is 7.05 Å². The van der Waals surface area contributed by atoms with Crippen LogP contribution in [0.25, 0.3) is 10.8 Å². The molecule has 0 fully saturated rings. The van der Waals surface area contributed by atoms with Crippen molar-refractivity contribution in [3.63, 3.8) is 0 Å². The molecule has 2 rings (SSSR count). The summed E-state index contributed by atoms with van der Waals surface area (Å²) < 4.78 is 1.56. The van der Waals surface area contributed by atoms with E-state index in [1.54, 1.807) is 36.3 Å². The molecule has 0 aliphatic carbocycles. The molecule has 3 heteroatoms. The van der Waals surface area contributed by atoms with Crippen LogP contribution >= 0.6 is 0 Å². The van der Waals surface area contributed by atoms with Crippen LogP contribution in [0.15, 0.2) is 35.5 Å². The zero-order valence-electron chi connectivity index (χ0n) is 8.69. The summed E-state index contributed by atoms with van der Waals surface area (Å²) in [7, 11) is 1.74. The second-order valence-electron chi connectivity index (χ2n) is 2.69. The number of aryl methyl sites for hydroxylation is 1. The molecule has 2 heterocycles. The van der Waals surface area contributed by atoms with E-state index < -0.39 is 0 Å². The third-order valence-corrected chi connectivity index (χ3v) is 1.88. The number of pyridine rings is 2. The van der Waals surface area contributed by atoms with E-state index in [0.717, 1.165) is 10.8 Å². The number of hydrogen-bond donors (Lipinski definition) is 0. The van der Waals surface area contributed by atoms with Gasteiger partial charge in [-0.2, -0.15) is 0 Å². The lowest BCUT2D eigenvalue weighted by Gasteiger charge is -1.98. The molecule has 14 heavy (non-hydrogen) atoms. The van der Waals surface area contributed by atoms with Crippen LogP contribution in [0.5, 0.6) is 0 Å². The highest BCUT2D eigenvalue weighted by molar-refractivity contribution is 5.79. The van der Waals surface area contributed by atoms with Gasteiger partial charge in [0.2, 0.25) is 0 Å². The van der Waals surface area contributed by atoms with Gasteiger partial charge in [0.05, 0.1) is 5.39 Å². The number of hydrogen-bond acceptors (Lipinski definition) is 2. The standard InChI is InChI=1S/C9H8N2O.C2H6/c1-11-5-3-7-6-10-4-2-8(7)9(11)12;1-2/h2-6H,1H3;1-2H3. The molecule has 0 atom stereocenters. The average Bonchev–Trinajstić information content (AvgIpc) is 2.27. The molecule has 0 N–H and O–H groups in total. The van der Waals surface area contributed by atoms with Gasteiger partial charge < -0.3 is 4.57 Å². The largest absolute Gasteiger partial charge is 0.318 e. The van der Waals surface area contributed by atoms with Crippen molar-refractivity contribution in [3.8, 4) is 0 Å². The fourth-order valence-electron chi connectivity index (χ4n) is 1.18. The summed E-state index contributed by atoms with van der Waals surface area (Å²) in [6.45, 7) is 4.00. The van der Waals surface area contributed by atoms with Crippen LogP contribution in [0.2, 0.25) is 0 Å². The average molecular weight is 190 g/mol. The third-order valence-electron chi connectivity index (χ3n) is 1.88. The molecule has 0 aromatic carbocycles. The Hall–Kier alpha value is -1.64. The molecule has 0 saturated heterocycles. The predicted molar refractivity (Wildman–Crippen MR) is 58.3 cm³/mol. The zero-order chi connectivity index (χ0) is 10.6. The highest BCUT2D eigenvalue weighted by Crippen LogP contribution is 2.04. The lowest BCUT2D eigenvalue weighted by Crippen LogP contribution is -2.15. The van der Waals surface area contributed by atoms with Crippen molar-refractivity contribution in [1.29, 1.82) is 0 Å². The minimum Gasteiger partial charge on any atom is -0.318 e. The van der Waals surface area contributed by atoms with Crippen molar-refractivity contribution in [2.75, 3.05) is 0 Å². The Balaban J connectivity index is 0.000000461.